The number of amides is 1. The zero-order valence-electron chi connectivity index (χ0n) is 18.5. The van der Waals surface area contributed by atoms with Crippen molar-refractivity contribution in [2.45, 2.75) is 13.8 Å². The first-order valence-electron chi connectivity index (χ1n) is 10.6. The Morgan fingerprint density at radius 2 is 1.64 bits per heavy atom. The van der Waals surface area contributed by atoms with Gasteiger partial charge >= 0.3 is 0 Å². The van der Waals surface area contributed by atoms with Gasteiger partial charge in [-0.3, -0.25) is 4.79 Å². The van der Waals surface area contributed by atoms with Gasteiger partial charge in [0.2, 0.25) is 0 Å². The molecule has 1 N–H and O–H groups in total. The highest BCUT2D eigenvalue weighted by atomic mass is 19.1. The molecule has 0 saturated heterocycles. The molecule has 6 nitrogen and oxygen atoms in total. The quantitative estimate of drug-likeness (QED) is 0.406. The van der Waals surface area contributed by atoms with Crippen LogP contribution in [0.5, 0.6) is 0 Å². The van der Waals surface area contributed by atoms with Gasteiger partial charge < -0.3 is 9.88 Å². The smallest absolute Gasteiger partial charge is 0.259 e. The topological polar surface area (TPSA) is 64.7 Å². The van der Waals surface area contributed by atoms with Crippen LogP contribution in [0.1, 0.15) is 21.7 Å². The van der Waals surface area contributed by atoms with E-state index >= 15 is 0 Å². The first-order chi connectivity index (χ1) is 15.9. The predicted octanol–water partition coefficient (Wildman–Crippen LogP) is 5.43. The average Bonchev–Trinajstić information content (AvgIpc) is 3.31. The summed E-state index contributed by atoms with van der Waals surface area (Å²) in [6, 6.07) is 21.6. The number of halogens is 1. The predicted molar refractivity (Wildman–Crippen MR) is 127 cm³/mol. The molecular formula is C26H22FN5O. The summed E-state index contributed by atoms with van der Waals surface area (Å²) < 4.78 is 17.0. The molecule has 0 radical (unpaired) electrons. The number of fused-ring (bicyclic) bond motifs is 1. The highest BCUT2D eigenvalue weighted by molar-refractivity contribution is 6.06. The number of imidazole rings is 1. The molecule has 164 valence electrons. The second-order valence-electron chi connectivity index (χ2n) is 7.95. The number of carbonyl (C=O) groups is 1. The van der Waals surface area contributed by atoms with E-state index in [-0.39, 0.29) is 11.7 Å². The van der Waals surface area contributed by atoms with Crippen molar-refractivity contribution < 1.29 is 9.18 Å². The number of anilines is 1. The molecule has 0 aliphatic heterocycles. The fourth-order valence-corrected chi connectivity index (χ4v) is 4.10. The SMILES string of the molecule is Cc1nn(-c2ccc(F)cc2)c(C)c1C(=O)Nc1ccc(-c2nc3ccccc3n2C)cc1. The molecule has 0 aliphatic carbocycles. The van der Waals surface area contributed by atoms with E-state index in [2.05, 4.69) is 15.0 Å². The standard InChI is InChI=1S/C26H22FN5O/c1-16-24(17(2)32(30-16)21-14-10-19(27)11-15-21)26(33)28-20-12-8-18(9-13-20)25-29-22-6-4-5-7-23(22)31(25)3/h4-15H,1-3H3,(H,28,33). The van der Waals surface area contributed by atoms with Crippen molar-refractivity contribution in [1.29, 1.82) is 0 Å². The van der Waals surface area contributed by atoms with E-state index in [1.807, 2.05) is 62.5 Å². The summed E-state index contributed by atoms with van der Waals surface area (Å²) >= 11 is 0. The summed E-state index contributed by atoms with van der Waals surface area (Å²) in [7, 11) is 1.99. The molecule has 0 fully saturated rings. The van der Waals surface area contributed by atoms with Gasteiger partial charge in [-0.25, -0.2) is 14.1 Å². The Balaban J connectivity index is 1.39. The largest absolute Gasteiger partial charge is 0.327 e. The van der Waals surface area contributed by atoms with E-state index in [1.165, 1.54) is 12.1 Å². The lowest BCUT2D eigenvalue weighted by molar-refractivity contribution is 0.102. The lowest BCUT2D eigenvalue weighted by Gasteiger charge is -2.08. The number of carbonyl (C=O) groups excluding carboxylic acids is 1. The minimum absolute atomic E-state index is 0.242. The number of para-hydroxylation sites is 2. The second kappa shape index (κ2) is 8.02. The number of nitrogens with zero attached hydrogens (tertiary/aromatic N) is 4. The summed E-state index contributed by atoms with van der Waals surface area (Å²) in [6.07, 6.45) is 0. The van der Waals surface area contributed by atoms with E-state index in [9.17, 15) is 9.18 Å². The zero-order chi connectivity index (χ0) is 23.1. The maximum absolute atomic E-state index is 13.3. The fourth-order valence-electron chi connectivity index (χ4n) is 4.10. The average molecular weight is 439 g/mol. The molecule has 0 saturated carbocycles. The highest BCUT2D eigenvalue weighted by Gasteiger charge is 2.20. The molecule has 5 rings (SSSR count). The number of aromatic nitrogens is 4. The Morgan fingerprint density at radius 3 is 2.33 bits per heavy atom. The summed E-state index contributed by atoms with van der Waals surface area (Å²) in [5.74, 6) is 0.301. The summed E-state index contributed by atoms with van der Waals surface area (Å²) in [4.78, 5) is 17.8. The van der Waals surface area contributed by atoms with Crippen LogP contribution < -0.4 is 5.32 Å². The lowest BCUT2D eigenvalue weighted by atomic mass is 10.1. The van der Waals surface area contributed by atoms with Crippen LogP contribution in [-0.2, 0) is 7.05 Å². The number of hydrogen-bond donors (Lipinski definition) is 1. The maximum Gasteiger partial charge on any atom is 0.259 e. The van der Waals surface area contributed by atoms with Crippen LogP contribution in [0.25, 0.3) is 28.1 Å². The molecule has 1 amide bonds. The second-order valence-corrected chi connectivity index (χ2v) is 7.95. The van der Waals surface area contributed by atoms with Crippen LogP contribution in [0.3, 0.4) is 0 Å². The zero-order valence-corrected chi connectivity index (χ0v) is 18.5. The van der Waals surface area contributed by atoms with Crippen molar-refractivity contribution in [1.82, 2.24) is 19.3 Å². The van der Waals surface area contributed by atoms with Gasteiger partial charge in [-0.05, 0) is 74.5 Å². The van der Waals surface area contributed by atoms with E-state index in [4.69, 9.17) is 4.98 Å². The molecule has 0 unspecified atom stereocenters. The maximum atomic E-state index is 13.3. The minimum atomic E-state index is -0.319. The van der Waals surface area contributed by atoms with Gasteiger partial charge in [0.15, 0.2) is 0 Å². The Labute approximate surface area is 190 Å². The van der Waals surface area contributed by atoms with Gasteiger partial charge in [0.05, 0.1) is 33.7 Å². The Bertz CT molecular complexity index is 1480. The molecule has 2 heterocycles. The number of nitrogens with one attached hydrogen (secondary N) is 1. The number of aryl methyl sites for hydroxylation is 2. The highest BCUT2D eigenvalue weighted by Crippen LogP contribution is 2.25. The monoisotopic (exact) mass is 439 g/mol. The lowest BCUT2D eigenvalue weighted by Crippen LogP contribution is -2.14. The van der Waals surface area contributed by atoms with Crippen molar-refractivity contribution >= 4 is 22.6 Å². The van der Waals surface area contributed by atoms with Crippen LogP contribution in [0.15, 0.2) is 72.8 Å². The first kappa shape index (κ1) is 20.6. The molecule has 0 aliphatic rings. The third kappa shape index (κ3) is 3.67. The third-order valence-corrected chi connectivity index (χ3v) is 5.78. The number of rotatable bonds is 4. The van der Waals surface area contributed by atoms with Gasteiger partial charge in [0.1, 0.15) is 11.6 Å². The molecule has 3 aromatic carbocycles. The summed E-state index contributed by atoms with van der Waals surface area (Å²) in [6.45, 7) is 3.61. The van der Waals surface area contributed by atoms with Crippen LogP contribution in [0.4, 0.5) is 10.1 Å². The Kier molecular flexibility index (Phi) is 5.01. The third-order valence-electron chi connectivity index (χ3n) is 5.78. The molecule has 33 heavy (non-hydrogen) atoms. The van der Waals surface area contributed by atoms with Gasteiger partial charge in [0.25, 0.3) is 5.91 Å². The molecule has 2 aromatic heterocycles. The van der Waals surface area contributed by atoms with Crippen molar-refractivity contribution in [2.24, 2.45) is 7.05 Å². The van der Waals surface area contributed by atoms with Crippen molar-refractivity contribution in [3.8, 4) is 17.1 Å². The summed E-state index contributed by atoms with van der Waals surface area (Å²) in [5.41, 5.74) is 6.13. The molecule has 0 spiro atoms. The van der Waals surface area contributed by atoms with E-state index in [1.54, 1.807) is 23.7 Å². The van der Waals surface area contributed by atoms with Crippen LogP contribution >= 0.6 is 0 Å². The normalized spacial score (nSPS) is 11.2. The van der Waals surface area contributed by atoms with Gasteiger partial charge in [-0.15, -0.1) is 0 Å². The van der Waals surface area contributed by atoms with E-state index in [0.717, 1.165) is 22.4 Å². The summed E-state index contributed by atoms with van der Waals surface area (Å²) in [5, 5.41) is 7.43. The van der Waals surface area contributed by atoms with Crippen LogP contribution in [-0.4, -0.2) is 25.2 Å². The molecule has 7 heteroatoms. The van der Waals surface area contributed by atoms with Gasteiger partial charge in [0, 0.05) is 18.3 Å². The Hall–Kier alpha value is -4.26. The molecular weight excluding hydrogens is 417 g/mol. The van der Waals surface area contributed by atoms with Gasteiger partial charge in [-0.2, -0.15) is 5.10 Å². The van der Waals surface area contributed by atoms with E-state index in [0.29, 0.717) is 28.3 Å². The molecule has 0 atom stereocenters. The van der Waals surface area contributed by atoms with Crippen molar-refractivity contribution in [3.63, 3.8) is 0 Å². The van der Waals surface area contributed by atoms with E-state index < -0.39 is 0 Å². The Morgan fingerprint density at radius 1 is 0.939 bits per heavy atom. The minimum Gasteiger partial charge on any atom is -0.327 e. The fraction of sp³-hybridized carbons (Fsp3) is 0.115. The number of benzene rings is 3. The van der Waals surface area contributed by atoms with Crippen molar-refractivity contribution in [2.75, 3.05) is 5.32 Å². The van der Waals surface area contributed by atoms with Crippen molar-refractivity contribution in [3.05, 3.63) is 95.6 Å². The van der Waals surface area contributed by atoms with Crippen LogP contribution in [0, 0.1) is 19.7 Å². The molecule has 5 aromatic rings. The molecule has 0 bridgehead atoms. The van der Waals surface area contributed by atoms with Gasteiger partial charge in [-0.1, -0.05) is 12.1 Å². The number of hydrogen-bond acceptors (Lipinski definition) is 3. The van der Waals surface area contributed by atoms with Crippen LogP contribution in [0.2, 0.25) is 0 Å². The first-order valence-corrected chi connectivity index (χ1v) is 10.6.